The first-order valence-corrected chi connectivity index (χ1v) is 7.93. The minimum atomic E-state index is 0. The van der Waals surface area contributed by atoms with E-state index in [2.05, 4.69) is 78.7 Å². The van der Waals surface area contributed by atoms with E-state index in [1.54, 1.807) is 0 Å². The molecule has 0 radical (unpaired) electrons. The molecule has 0 saturated carbocycles. The van der Waals surface area contributed by atoms with Crippen LogP contribution in [0.25, 0.3) is 0 Å². The molecule has 0 heterocycles. The van der Waals surface area contributed by atoms with Crippen molar-refractivity contribution in [3.8, 4) is 0 Å². The van der Waals surface area contributed by atoms with Crippen molar-refractivity contribution in [2.45, 2.75) is 39.8 Å². The molecule has 4 nitrogen and oxygen atoms in total. The quantitative estimate of drug-likeness (QED) is 0.387. The highest BCUT2D eigenvalue weighted by molar-refractivity contribution is 14.0. The van der Waals surface area contributed by atoms with E-state index in [9.17, 15) is 0 Å². The molecule has 2 N–H and O–H groups in total. The summed E-state index contributed by atoms with van der Waals surface area (Å²) in [5.41, 5.74) is 1.34. The van der Waals surface area contributed by atoms with Gasteiger partial charge < -0.3 is 15.5 Å². The highest BCUT2D eigenvalue weighted by atomic mass is 127. The summed E-state index contributed by atoms with van der Waals surface area (Å²) in [6.45, 7) is 10.0. The molecule has 22 heavy (non-hydrogen) atoms. The van der Waals surface area contributed by atoms with E-state index in [1.165, 1.54) is 5.56 Å². The molecule has 0 spiro atoms. The number of rotatable bonds is 8. The summed E-state index contributed by atoms with van der Waals surface area (Å²) in [7, 11) is 2.14. The minimum absolute atomic E-state index is 0. The molecule has 1 rings (SSSR count). The van der Waals surface area contributed by atoms with Gasteiger partial charge in [-0.25, -0.2) is 0 Å². The fraction of sp³-hybridized carbons (Fsp3) is 0.588. The third-order valence-corrected chi connectivity index (χ3v) is 3.39. The predicted octanol–water partition coefficient (Wildman–Crippen LogP) is 3.09. The minimum Gasteiger partial charge on any atom is -0.357 e. The van der Waals surface area contributed by atoms with E-state index in [-0.39, 0.29) is 24.0 Å². The van der Waals surface area contributed by atoms with Gasteiger partial charge in [-0.15, -0.1) is 24.0 Å². The maximum Gasteiger partial charge on any atom is 0.191 e. The van der Waals surface area contributed by atoms with Gasteiger partial charge in [0.2, 0.25) is 0 Å². The van der Waals surface area contributed by atoms with E-state index >= 15 is 0 Å². The van der Waals surface area contributed by atoms with Crippen LogP contribution in [0.3, 0.4) is 0 Å². The van der Waals surface area contributed by atoms with Gasteiger partial charge >= 0.3 is 0 Å². The number of halogens is 1. The standard InChI is InChI=1S/C17H30N4.HI/c1-5-15(3)20-17(18-6-2)19-12-13-21(4)14-16-10-8-7-9-11-16;/h7-11,15H,5-6,12-14H2,1-4H3,(H2,18,19,20);1H. The van der Waals surface area contributed by atoms with Gasteiger partial charge in [0.05, 0.1) is 6.54 Å². The van der Waals surface area contributed by atoms with Crippen LogP contribution in [0.4, 0.5) is 0 Å². The molecule has 0 saturated heterocycles. The lowest BCUT2D eigenvalue weighted by atomic mass is 10.2. The van der Waals surface area contributed by atoms with Crippen LogP contribution in [0.1, 0.15) is 32.8 Å². The Kier molecular flexibility index (Phi) is 12.2. The van der Waals surface area contributed by atoms with Crippen molar-refractivity contribution in [2.24, 2.45) is 4.99 Å². The van der Waals surface area contributed by atoms with Crippen LogP contribution in [0.5, 0.6) is 0 Å². The predicted molar refractivity (Wildman–Crippen MR) is 107 cm³/mol. The van der Waals surface area contributed by atoms with Gasteiger partial charge in [-0.1, -0.05) is 37.3 Å². The third-order valence-electron chi connectivity index (χ3n) is 3.39. The number of hydrogen-bond donors (Lipinski definition) is 2. The second-order valence-electron chi connectivity index (χ2n) is 5.44. The molecule has 0 aliphatic rings. The third kappa shape index (κ3) is 9.25. The molecule has 0 fully saturated rings. The Morgan fingerprint density at radius 3 is 2.50 bits per heavy atom. The summed E-state index contributed by atoms with van der Waals surface area (Å²) < 4.78 is 0. The summed E-state index contributed by atoms with van der Waals surface area (Å²) in [5.74, 6) is 0.917. The Balaban J connectivity index is 0.00000441. The Morgan fingerprint density at radius 1 is 1.23 bits per heavy atom. The zero-order chi connectivity index (χ0) is 15.5. The largest absolute Gasteiger partial charge is 0.357 e. The summed E-state index contributed by atoms with van der Waals surface area (Å²) in [4.78, 5) is 6.93. The Bertz CT molecular complexity index is 408. The Morgan fingerprint density at radius 2 is 1.91 bits per heavy atom. The van der Waals surface area contributed by atoms with E-state index in [0.29, 0.717) is 6.04 Å². The van der Waals surface area contributed by atoms with Gasteiger partial charge in [-0.05, 0) is 32.9 Å². The fourth-order valence-electron chi connectivity index (χ4n) is 1.96. The van der Waals surface area contributed by atoms with Crippen LogP contribution in [-0.4, -0.2) is 43.6 Å². The van der Waals surface area contributed by atoms with Crippen molar-refractivity contribution in [1.29, 1.82) is 0 Å². The maximum absolute atomic E-state index is 4.64. The lowest BCUT2D eigenvalue weighted by molar-refractivity contribution is 0.336. The molecule has 126 valence electrons. The smallest absolute Gasteiger partial charge is 0.191 e. The molecule has 0 aliphatic heterocycles. The Hall–Kier alpha value is -0.820. The molecule has 1 aromatic rings. The maximum atomic E-state index is 4.64. The first kappa shape index (κ1) is 21.2. The highest BCUT2D eigenvalue weighted by Gasteiger charge is 2.03. The first-order valence-electron chi connectivity index (χ1n) is 7.93. The van der Waals surface area contributed by atoms with Gasteiger partial charge in [0, 0.05) is 25.7 Å². The van der Waals surface area contributed by atoms with Gasteiger partial charge in [0.25, 0.3) is 0 Å². The van der Waals surface area contributed by atoms with Crippen LogP contribution in [0.2, 0.25) is 0 Å². The van der Waals surface area contributed by atoms with Gasteiger partial charge in [-0.3, -0.25) is 4.99 Å². The Labute approximate surface area is 152 Å². The van der Waals surface area contributed by atoms with Crippen LogP contribution in [0, 0.1) is 0 Å². The van der Waals surface area contributed by atoms with Crippen LogP contribution < -0.4 is 10.6 Å². The average Bonchev–Trinajstić information content (AvgIpc) is 2.48. The van der Waals surface area contributed by atoms with E-state index in [4.69, 9.17) is 0 Å². The number of hydrogen-bond acceptors (Lipinski definition) is 2. The fourth-order valence-corrected chi connectivity index (χ4v) is 1.96. The summed E-state index contributed by atoms with van der Waals surface area (Å²) in [5, 5.41) is 6.70. The molecular formula is C17H31IN4. The molecule has 0 aromatic heterocycles. The number of nitrogens with one attached hydrogen (secondary N) is 2. The lowest BCUT2D eigenvalue weighted by Crippen LogP contribution is -2.42. The lowest BCUT2D eigenvalue weighted by Gasteiger charge is -2.18. The molecule has 0 amide bonds. The van der Waals surface area contributed by atoms with Crippen molar-refractivity contribution in [3.63, 3.8) is 0 Å². The second kappa shape index (κ2) is 12.7. The highest BCUT2D eigenvalue weighted by Crippen LogP contribution is 2.01. The van der Waals surface area contributed by atoms with E-state index in [1.807, 2.05) is 0 Å². The molecule has 0 bridgehead atoms. The average molecular weight is 418 g/mol. The zero-order valence-electron chi connectivity index (χ0n) is 14.3. The van der Waals surface area contributed by atoms with Crippen LogP contribution in [0.15, 0.2) is 35.3 Å². The normalized spacial score (nSPS) is 12.7. The molecule has 5 heteroatoms. The number of aliphatic imine (C=N–C) groups is 1. The topological polar surface area (TPSA) is 39.7 Å². The zero-order valence-corrected chi connectivity index (χ0v) is 16.6. The van der Waals surface area contributed by atoms with Crippen molar-refractivity contribution >= 4 is 29.9 Å². The number of benzene rings is 1. The summed E-state index contributed by atoms with van der Waals surface area (Å²) >= 11 is 0. The van der Waals surface area contributed by atoms with Gasteiger partial charge in [0.15, 0.2) is 5.96 Å². The number of nitrogens with zero attached hydrogens (tertiary/aromatic N) is 2. The van der Waals surface area contributed by atoms with Gasteiger partial charge in [-0.2, -0.15) is 0 Å². The van der Waals surface area contributed by atoms with Gasteiger partial charge in [0.1, 0.15) is 0 Å². The van der Waals surface area contributed by atoms with Crippen molar-refractivity contribution in [1.82, 2.24) is 15.5 Å². The SMILES string of the molecule is CCNC(=NCCN(C)Cc1ccccc1)NC(C)CC.I. The molecule has 1 unspecified atom stereocenters. The van der Waals surface area contributed by atoms with Crippen molar-refractivity contribution < 1.29 is 0 Å². The van der Waals surface area contributed by atoms with Crippen LogP contribution >= 0.6 is 24.0 Å². The summed E-state index contributed by atoms with van der Waals surface area (Å²) in [6, 6.07) is 11.0. The molecule has 0 aliphatic carbocycles. The molecule has 1 atom stereocenters. The van der Waals surface area contributed by atoms with Crippen molar-refractivity contribution in [3.05, 3.63) is 35.9 Å². The number of guanidine groups is 1. The van der Waals surface area contributed by atoms with E-state index in [0.717, 1.165) is 38.6 Å². The molecule has 1 aromatic carbocycles. The first-order chi connectivity index (χ1) is 10.2. The molecular weight excluding hydrogens is 387 g/mol. The van der Waals surface area contributed by atoms with E-state index < -0.39 is 0 Å². The van der Waals surface area contributed by atoms with Crippen molar-refractivity contribution in [2.75, 3.05) is 26.7 Å². The van der Waals surface area contributed by atoms with Crippen LogP contribution in [-0.2, 0) is 6.54 Å². The monoisotopic (exact) mass is 418 g/mol. The summed E-state index contributed by atoms with van der Waals surface area (Å²) in [6.07, 6.45) is 1.10. The number of likely N-dealkylation sites (N-methyl/N-ethyl adjacent to an activating group) is 1. The second-order valence-corrected chi connectivity index (χ2v) is 5.44.